The maximum atomic E-state index is 10.5. The van der Waals surface area contributed by atoms with Gasteiger partial charge in [0.05, 0.1) is 12.2 Å². The molecule has 13 heavy (non-hydrogen) atoms. The van der Waals surface area contributed by atoms with Gasteiger partial charge in [0.25, 0.3) is 0 Å². The second-order valence-corrected chi connectivity index (χ2v) is 4.29. The highest BCUT2D eigenvalue weighted by molar-refractivity contribution is 5.76. The maximum Gasteiger partial charge on any atom is 0.335 e. The zero-order valence-corrected chi connectivity index (χ0v) is 8.63. The van der Waals surface area contributed by atoms with Crippen molar-refractivity contribution in [1.82, 2.24) is 0 Å². The Balaban J connectivity index is 3.84. The minimum atomic E-state index is -1.69. The number of hydrogen-bond acceptors (Lipinski definition) is 3. The third kappa shape index (κ3) is 5.60. The Morgan fingerprint density at radius 2 is 1.77 bits per heavy atom. The molecule has 0 aliphatic rings. The van der Waals surface area contributed by atoms with E-state index in [-0.39, 0.29) is 18.6 Å². The normalized spacial score (nSPS) is 16.7. The summed E-state index contributed by atoms with van der Waals surface area (Å²) in [6.45, 7) is 7.14. The molecule has 0 saturated carbocycles. The van der Waals surface area contributed by atoms with Crippen LogP contribution in [0.2, 0.25) is 0 Å². The molecule has 0 fully saturated rings. The average molecular weight is 190 g/mol. The summed E-state index contributed by atoms with van der Waals surface area (Å²) in [5.74, 6) is -1.22. The molecule has 0 bridgehead atoms. The van der Waals surface area contributed by atoms with E-state index in [0.717, 1.165) is 0 Å². The van der Waals surface area contributed by atoms with Crippen LogP contribution >= 0.6 is 0 Å². The minimum Gasteiger partial charge on any atom is -0.479 e. The van der Waals surface area contributed by atoms with Crippen LogP contribution in [0.4, 0.5) is 0 Å². The molecule has 0 heterocycles. The summed E-state index contributed by atoms with van der Waals surface area (Å²) in [6.07, 6.45) is 0.0968. The molecule has 0 aliphatic heterocycles. The van der Waals surface area contributed by atoms with Gasteiger partial charge in [-0.1, -0.05) is 0 Å². The highest BCUT2D eigenvalue weighted by atomic mass is 16.5. The molecule has 0 radical (unpaired) electrons. The van der Waals surface area contributed by atoms with Crippen molar-refractivity contribution < 1.29 is 19.7 Å². The third-order valence-electron chi connectivity index (χ3n) is 1.58. The van der Waals surface area contributed by atoms with Gasteiger partial charge in [0.1, 0.15) is 0 Å². The van der Waals surface area contributed by atoms with Gasteiger partial charge in [-0.15, -0.1) is 0 Å². The van der Waals surface area contributed by atoms with E-state index in [0.29, 0.717) is 0 Å². The Morgan fingerprint density at radius 3 is 2.08 bits per heavy atom. The van der Waals surface area contributed by atoms with E-state index in [9.17, 15) is 9.90 Å². The van der Waals surface area contributed by atoms with E-state index in [2.05, 4.69) is 0 Å². The summed E-state index contributed by atoms with van der Waals surface area (Å²) in [5.41, 5.74) is -1.99. The lowest BCUT2D eigenvalue weighted by Gasteiger charge is -2.23. The first-order valence-corrected chi connectivity index (χ1v) is 4.25. The zero-order chi connectivity index (χ0) is 10.7. The lowest BCUT2D eigenvalue weighted by molar-refractivity contribution is -0.159. The van der Waals surface area contributed by atoms with E-state index in [1.165, 1.54) is 6.92 Å². The van der Waals surface area contributed by atoms with Crippen molar-refractivity contribution in [2.24, 2.45) is 0 Å². The Hall–Kier alpha value is -0.610. The predicted octanol–water partition coefficient (Wildman–Crippen LogP) is 1.03. The second kappa shape index (κ2) is 4.07. The Labute approximate surface area is 78.5 Å². The summed E-state index contributed by atoms with van der Waals surface area (Å²) in [4.78, 5) is 10.5. The fourth-order valence-corrected chi connectivity index (χ4v) is 0.663. The van der Waals surface area contributed by atoms with Crippen LogP contribution < -0.4 is 0 Å². The number of carboxylic acids is 1. The highest BCUT2D eigenvalue weighted by Gasteiger charge is 2.29. The van der Waals surface area contributed by atoms with Crippen molar-refractivity contribution in [2.75, 3.05) is 6.61 Å². The largest absolute Gasteiger partial charge is 0.479 e. The van der Waals surface area contributed by atoms with Crippen LogP contribution in [-0.4, -0.2) is 34.0 Å². The topological polar surface area (TPSA) is 66.8 Å². The van der Waals surface area contributed by atoms with Crippen molar-refractivity contribution in [3.63, 3.8) is 0 Å². The fraction of sp³-hybridized carbons (Fsp3) is 0.889. The van der Waals surface area contributed by atoms with Gasteiger partial charge in [-0.3, -0.25) is 0 Å². The predicted molar refractivity (Wildman–Crippen MR) is 48.6 cm³/mol. The molecule has 78 valence electrons. The molecule has 2 N–H and O–H groups in total. The maximum absolute atomic E-state index is 10.5. The molecule has 4 nitrogen and oxygen atoms in total. The van der Waals surface area contributed by atoms with E-state index < -0.39 is 11.6 Å². The van der Waals surface area contributed by atoms with Crippen LogP contribution in [0.3, 0.4) is 0 Å². The van der Waals surface area contributed by atoms with Gasteiger partial charge >= 0.3 is 5.97 Å². The van der Waals surface area contributed by atoms with Crippen molar-refractivity contribution in [2.45, 2.75) is 45.3 Å². The first-order chi connectivity index (χ1) is 5.65. The van der Waals surface area contributed by atoms with Crippen LogP contribution in [0, 0.1) is 0 Å². The third-order valence-corrected chi connectivity index (χ3v) is 1.58. The Bertz CT molecular complexity index is 179. The molecular weight excluding hydrogens is 172 g/mol. The van der Waals surface area contributed by atoms with Gasteiger partial charge in [0.15, 0.2) is 5.60 Å². The molecule has 0 aromatic heterocycles. The molecular formula is C9H18O4. The van der Waals surface area contributed by atoms with Gasteiger partial charge in [0, 0.05) is 6.42 Å². The molecule has 0 aromatic carbocycles. The lowest BCUT2D eigenvalue weighted by atomic mass is 10.0. The summed E-state index contributed by atoms with van der Waals surface area (Å²) >= 11 is 0. The lowest BCUT2D eigenvalue weighted by Crippen LogP contribution is -2.37. The van der Waals surface area contributed by atoms with Crippen molar-refractivity contribution in [1.29, 1.82) is 0 Å². The van der Waals surface area contributed by atoms with E-state index >= 15 is 0 Å². The monoisotopic (exact) mass is 190 g/mol. The van der Waals surface area contributed by atoms with Crippen molar-refractivity contribution >= 4 is 5.97 Å². The van der Waals surface area contributed by atoms with Crippen LogP contribution in [-0.2, 0) is 9.53 Å². The van der Waals surface area contributed by atoms with E-state index in [1.54, 1.807) is 0 Å². The number of hydrogen-bond donors (Lipinski definition) is 2. The zero-order valence-electron chi connectivity index (χ0n) is 8.63. The Morgan fingerprint density at radius 1 is 1.31 bits per heavy atom. The molecule has 4 heteroatoms. The van der Waals surface area contributed by atoms with E-state index in [1.807, 2.05) is 20.8 Å². The average Bonchev–Trinajstić information content (AvgIpc) is 1.82. The van der Waals surface area contributed by atoms with Crippen LogP contribution in [0.1, 0.15) is 34.1 Å². The van der Waals surface area contributed by atoms with Gasteiger partial charge in [-0.25, -0.2) is 4.79 Å². The minimum absolute atomic E-state index is 0.0968. The molecule has 0 rings (SSSR count). The molecule has 1 atom stereocenters. The fourth-order valence-electron chi connectivity index (χ4n) is 0.663. The van der Waals surface area contributed by atoms with Crippen LogP contribution in [0.15, 0.2) is 0 Å². The van der Waals surface area contributed by atoms with Crippen molar-refractivity contribution in [3.8, 4) is 0 Å². The number of aliphatic hydroxyl groups is 1. The Kier molecular flexibility index (Phi) is 3.88. The first-order valence-electron chi connectivity index (χ1n) is 4.25. The molecule has 0 saturated heterocycles. The summed E-state index contributed by atoms with van der Waals surface area (Å²) < 4.78 is 5.29. The van der Waals surface area contributed by atoms with E-state index in [4.69, 9.17) is 9.84 Å². The number of aliphatic carboxylic acids is 1. The number of carbonyl (C=O) groups is 1. The summed E-state index contributed by atoms with van der Waals surface area (Å²) in [5, 5.41) is 17.9. The van der Waals surface area contributed by atoms with Gasteiger partial charge in [-0.2, -0.15) is 0 Å². The van der Waals surface area contributed by atoms with Gasteiger partial charge < -0.3 is 14.9 Å². The van der Waals surface area contributed by atoms with Crippen LogP contribution in [0.5, 0.6) is 0 Å². The SMILES string of the molecule is CC(C)(C)OCCC(C)(O)C(=O)O. The van der Waals surface area contributed by atoms with Gasteiger partial charge in [0.2, 0.25) is 0 Å². The molecule has 0 aliphatic carbocycles. The number of rotatable bonds is 4. The molecule has 0 spiro atoms. The smallest absolute Gasteiger partial charge is 0.335 e. The quantitative estimate of drug-likeness (QED) is 0.694. The van der Waals surface area contributed by atoms with Crippen molar-refractivity contribution in [3.05, 3.63) is 0 Å². The first kappa shape index (κ1) is 12.4. The van der Waals surface area contributed by atoms with Crippen LogP contribution in [0.25, 0.3) is 0 Å². The number of ether oxygens (including phenoxy) is 1. The standard InChI is InChI=1S/C9H18O4/c1-8(2,3)13-6-5-9(4,12)7(10)11/h12H,5-6H2,1-4H3,(H,10,11). The highest BCUT2D eigenvalue weighted by Crippen LogP contribution is 2.13. The second-order valence-electron chi connectivity index (χ2n) is 4.29. The van der Waals surface area contributed by atoms with Gasteiger partial charge in [-0.05, 0) is 27.7 Å². The number of carboxylic acid groups (broad SMARTS) is 1. The summed E-state index contributed by atoms with van der Waals surface area (Å²) in [6, 6.07) is 0. The molecule has 1 unspecified atom stereocenters. The molecule has 0 amide bonds. The summed E-state index contributed by atoms with van der Waals surface area (Å²) in [7, 11) is 0. The molecule has 0 aromatic rings.